The second-order valence-corrected chi connectivity index (χ2v) is 5.97. The van der Waals surface area contributed by atoms with Crippen LogP contribution in [0.15, 0.2) is 12.4 Å². The van der Waals surface area contributed by atoms with Gasteiger partial charge >= 0.3 is 6.18 Å². The summed E-state index contributed by atoms with van der Waals surface area (Å²) in [4.78, 5) is 15.1. The van der Waals surface area contributed by atoms with E-state index in [1.807, 2.05) is 24.9 Å². The SMILES string of the molecule is CC(C)N(Cc1cnn(C)c1)[C@@H]1CCN(CC(F)(F)F)C1=O. The summed E-state index contributed by atoms with van der Waals surface area (Å²) < 4.78 is 39.2. The van der Waals surface area contributed by atoms with Crippen LogP contribution in [0.25, 0.3) is 0 Å². The largest absolute Gasteiger partial charge is 0.406 e. The molecule has 0 bridgehead atoms. The average molecular weight is 318 g/mol. The molecule has 5 nitrogen and oxygen atoms in total. The molecule has 0 N–H and O–H groups in total. The van der Waals surface area contributed by atoms with Crippen LogP contribution in [0.5, 0.6) is 0 Å². The van der Waals surface area contributed by atoms with Gasteiger partial charge in [-0.1, -0.05) is 0 Å². The summed E-state index contributed by atoms with van der Waals surface area (Å²) in [7, 11) is 1.80. The Hall–Kier alpha value is -1.57. The fourth-order valence-corrected chi connectivity index (χ4v) is 2.82. The van der Waals surface area contributed by atoms with Gasteiger partial charge in [-0.2, -0.15) is 18.3 Å². The molecule has 22 heavy (non-hydrogen) atoms. The fourth-order valence-electron chi connectivity index (χ4n) is 2.82. The molecule has 0 spiro atoms. The Bertz CT molecular complexity index is 526. The van der Waals surface area contributed by atoms with Gasteiger partial charge in [0.2, 0.25) is 5.91 Å². The number of carbonyl (C=O) groups excluding carboxylic acids is 1. The van der Waals surface area contributed by atoms with Gasteiger partial charge in [0, 0.05) is 37.9 Å². The van der Waals surface area contributed by atoms with Crippen molar-refractivity contribution < 1.29 is 18.0 Å². The van der Waals surface area contributed by atoms with Gasteiger partial charge in [-0.25, -0.2) is 0 Å². The van der Waals surface area contributed by atoms with Crippen molar-refractivity contribution in [3.05, 3.63) is 18.0 Å². The summed E-state index contributed by atoms with van der Waals surface area (Å²) in [6.07, 6.45) is -0.367. The van der Waals surface area contributed by atoms with Crippen LogP contribution in [-0.4, -0.2) is 56.8 Å². The Morgan fingerprint density at radius 1 is 1.45 bits per heavy atom. The van der Waals surface area contributed by atoms with E-state index < -0.39 is 24.7 Å². The number of rotatable bonds is 5. The quantitative estimate of drug-likeness (QED) is 0.831. The standard InChI is InChI=1S/C14H21F3N4O/c1-10(2)21(8-11-6-18-19(3)7-11)12-4-5-20(13(12)22)9-14(15,16)17/h6-7,10,12H,4-5,8-9H2,1-3H3/t12-/m1/s1. The van der Waals surface area contributed by atoms with E-state index in [9.17, 15) is 18.0 Å². The first kappa shape index (κ1) is 16.8. The maximum absolute atomic E-state index is 12.5. The van der Waals surface area contributed by atoms with Crippen molar-refractivity contribution in [2.75, 3.05) is 13.1 Å². The molecule has 0 aliphatic carbocycles. The number of aryl methyl sites for hydroxylation is 1. The van der Waals surface area contributed by atoms with E-state index in [-0.39, 0.29) is 12.6 Å². The molecule has 1 aliphatic rings. The van der Waals surface area contributed by atoms with Crippen LogP contribution in [0.2, 0.25) is 0 Å². The van der Waals surface area contributed by atoms with Gasteiger partial charge < -0.3 is 4.90 Å². The predicted octanol–water partition coefficient (Wildman–Crippen LogP) is 1.79. The Labute approximate surface area is 127 Å². The molecule has 1 aliphatic heterocycles. The van der Waals surface area contributed by atoms with Crippen LogP contribution < -0.4 is 0 Å². The maximum atomic E-state index is 12.5. The second kappa shape index (κ2) is 6.28. The minimum Gasteiger partial charge on any atom is -0.332 e. The molecule has 2 rings (SSSR count). The normalized spacial score (nSPS) is 19.7. The molecule has 0 radical (unpaired) electrons. The van der Waals surface area contributed by atoms with Crippen molar-refractivity contribution in [3.8, 4) is 0 Å². The molecule has 0 aromatic carbocycles. The minimum absolute atomic E-state index is 0.0555. The number of hydrogen-bond acceptors (Lipinski definition) is 3. The number of aromatic nitrogens is 2. The minimum atomic E-state index is -4.35. The molecule has 2 heterocycles. The third-order valence-corrected chi connectivity index (χ3v) is 3.83. The Balaban J connectivity index is 2.08. The van der Waals surface area contributed by atoms with Crippen LogP contribution in [0.3, 0.4) is 0 Å². The summed E-state index contributed by atoms with van der Waals surface area (Å²) in [5, 5.41) is 4.08. The van der Waals surface area contributed by atoms with Gasteiger partial charge in [-0.05, 0) is 20.3 Å². The van der Waals surface area contributed by atoms with E-state index in [1.54, 1.807) is 17.9 Å². The Morgan fingerprint density at radius 2 is 2.14 bits per heavy atom. The predicted molar refractivity (Wildman–Crippen MR) is 74.9 cm³/mol. The van der Waals surface area contributed by atoms with Crippen molar-refractivity contribution in [3.63, 3.8) is 0 Å². The van der Waals surface area contributed by atoms with Crippen LogP contribution in [0.4, 0.5) is 13.2 Å². The van der Waals surface area contributed by atoms with Crippen molar-refractivity contribution in [1.82, 2.24) is 19.6 Å². The third-order valence-electron chi connectivity index (χ3n) is 3.83. The summed E-state index contributed by atoms with van der Waals surface area (Å²) >= 11 is 0. The molecule has 0 unspecified atom stereocenters. The van der Waals surface area contributed by atoms with Crippen LogP contribution in [0.1, 0.15) is 25.8 Å². The van der Waals surface area contributed by atoms with E-state index in [0.29, 0.717) is 13.0 Å². The van der Waals surface area contributed by atoms with Gasteiger partial charge in [-0.3, -0.25) is 14.4 Å². The lowest BCUT2D eigenvalue weighted by molar-refractivity contribution is -0.159. The molecule has 1 fully saturated rings. The molecule has 124 valence electrons. The zero-order valence-corrected chi connectivity index (χ0v) is 13.0. The summed E-state index contributed by atoms with van der Waals surface area (Å²) in [5.41, 5.74) is 0.943. The van der Waals surface area contributed by atoms with Crippen molar-refractivity contribution in [2.24, 2.45) is 7.05 Å². The van der Waals surface area contributed by atoms with Gasteiger partial charge in [0.25, 0.3) is 0 Å². The van der Waals surface area contributed by atoms with E-state index >= 15 is 0 Å². The lowest BCUT2D eigenvalue weighted by Gasteiger charge is -2.31. The van der Waals surface area contributed by atoms with E-state index in [1.165, 1.54) is 0 Å². The number of hydrogen-bond donors (Lipinski definition) is 0. The van der Waals surface area contributed by atoms with Gasteiger partial charge in [0.1, 0.15) is 6.54 Å². The smallest absolute Gasteiger partial charge is 0.332 e. The number of likely N-dealkylation sites (tertiary alicyclic amines) is 1. The molecule has 0 saturated carbocycles. The summed E-state index contributed by atoms with van der Waals surface area (Å²) in [6.45, 7) is 3.37. The number of amides is 1. The summed E-state index contributed by atoms with van der Waals surface area (Å²) in [5.74, 6) is -0.435. The van der Waals surface area contributed by atoms with Crippen molar-refractivity contribution in [2.45, 2.75) is 45.1 Å². The second-order valence-electron chi connectivity index (χ2n) is 5.97. The highest BCUT2D eigenvalue weighted by Gasteiger charge is 2.42. The van der Waals surface area contributed by atoms with E-state index in [2.05, 4.69) is 5.10 Å². The highest BCUT2D eigenvalue weighted by Crippen LogP contribution is 2.25. The van der Waals surface area contributed by atoms with Crippen molar-refractivity contribution in [1.29, 1.82) is 0 Å². The van der Waals surface area contributed by atoms with Crippen LogP contribution in [-0.2, 0) is 18.4 Å². The molecular weight excluding hydrogens is 297 g/mol. The Kier molecular flexibility index (Phi) is 4.79. The topological polar surface area (TPSA) is 41.4 Å². The van der Waals surface area contributed by atoms with Gasteiger partial charge in [0.05, 0.1) is 12.2 Å². The number of nitrogens with zero attached hydrogens (tertiary/aromatic N) is 4. The molecule has 1 aromatic rings. The third kappa shape index (κ3) is 4.00. The maximum Gasteiger partial charge on any atom is 0.406 e. The zero-order chi connectivity index (χ0) is 16.5. The van der Waals surface area contributed by atoms with Gasteiger partial charge in [-0.15, -0.1) is 0 Å². The van der Waals surface area contributed by atoms with E-state index in [0.717, 1.165) is 10.5 Å². The van der Waals surface area contributed by atoms with Crippen LogP contribution >= 0.6 is 0 Å². The zero-order valence-electron chi connectivity index (χ0n) is 13.0. The van der Waals surface area contributed by atoms with Gasteiger partial charge in [0.15, 0.2) is 0 Å². The highest BCUT2D eigenvalue weighted by molar-refractivity contribution is 5.84. The number of carbonyl (C=O) groups is 1. The number of halogens is 3. The lowest BCUT2D eigenvalue weighted by Crippen LogP contribution is -2.46. The van der Waals surface area contributed by atoms with Crippen molar-refractivity contribution >= 4 is 5.91 Å². The number of alkyl halides is 3. The monoisotopic (exact) mass is 318 g/mol. The Morgan fingerprint density at radius 3 is 2.64 bits per heavy atom. The van der Waals surface area contributed by atoms with Crippen LogP contribution in [0, 0.1) is 0 Å². The molecular formula is C14H21F3N4O. The summed E-state index contributed by atoms with van der Waals surface area (Å²) in [6, 6.07) is -0.442. The molecule has 1 atom stereocenters. The van der Waals surface area contributed by atoms with E-state index in [4.69, 9.17) is 0 Å². The first-order chi connectivity index (χ1) is 10.2. The molecule has 1 aromatic heterocycles. The molecule has 1 amide bonds. The first-order valence-electron chi connectivity index (χ1n) is 7.26. The average Bonchev–Trinajstić information content (AvgIpc) is 2.93. The highest BCUT2D eigenvalue weighted by atomic mass is 19.4. The fraction of sp³-hybridized carbons (Fsp3) is 0.714. The molecule has 1 saturated heterocycles. The molecule has 8 heteroatoms. The lowest BCUT2D eigenvalue weighted by atomic mass is 10.1. The first-order valence-corrected chi connectivity index (χ1v) is 7.26.